The van der Waals surface area contributed by atoms with E-state index in [-0.39, 0.29) is 0 Å². The molecule has 0 unspecified atom stereocenters. The quantitative estimate of drug-likeness (QED) is 0.177. The minimum absolute atomic E-state index is 0.966. The van der Waals surface area contributed by atoms with E-state index in [4.69, 9.17) is 4.98 Å². The van der Waals surface area contributed by atoms with E-state index >= 15 is 0 Å². The van der Waals surface area contributed by atoms with Gasteiger partial charge in [0.1, 0.15) is 0 Å². The molecule has 1 nitrogen and oxygen atoms in total. The van der Waals surface area contributed by atoms with Crippen LogP contribution in [-0.2, 0) is 0 Å². The summed E-state index contributed by atoms with van der Waals surface area (Å²) >= 11 is 0. The summed E-state index contributed by atoms with van der Waals surface area (Å²) in [6, 6.07) is 67.5. The van der Waals surface area contributed by atoms with Crippen LogP contribution >= 0.6 is 0 Å². The molecule has 0 saturated carbocycles. The summed E-state index contributed by atoms with van der Waals surface area (Å²) < 4.78 is 0. The Balaban J connectivity index is 1.19. The molecule has 224 valence electrons. The van der Waals surface area contributed by atoms with Crippen LogP contribution in [0.5, 0.6) is 0 Å². The maximum absolute atomic E-state index is 5.10. The molecule has 0 aliphatic heterocycles. The number of benzene rings is 8. The molecular weight excluding hydrogens is 579 g/mol. The number of hydrogen-bond acceptors (Lipinski definition) is 1. The molecule has 0 spiro atoms. The van der Waals surface area contributed by atoms with E-state index in [0.29, 0.717) is 0 Å². The van der Waals surface area contributed by atoms with Gasteiger partial charge < -0.3 is 0 Å². The lowest BCUT2D eigenvalue weighted by atomic mass is 9.89. The number of nitrogens with zero attached hydrogens (tertiary/aromatic N) is 1. The highest BCUT2D eigenvalue weighted by atomic mass is 14.7. The Bertz CT molecular complexity index is 2510. The van der Waals surface area contributed by atoms with Gasteiger partial charge in [-0.1, -0.05) is 164 Å². The third kappa shape index (κ3) is 4.94. The van der Waals surface area contributed by atoms with Crippen LogP contribution in [0, 0.1) is 0 Å². The lowest BCUT2D eigenvalue weighted by Gasteiger charge is -2.15. The van der Waals surface area contributed by atoms with E-state index in [0.717, 1.165) is 33.6 Å². The van der Waals surface area contributed by atoms with Gasteiger partial charge in [-0.2, -0.15) is 0 Å². The molecule has 0 aliphatic rings. The molecule has 8 aromatic carbocycles. The zero-order valence-electron chi connectivity index (χ0n) is 26.3. The lowest BCUT2D eigenvalue weighted by Crippen LogP contribution is -1.92. The van der Waals surface area contributed by atoms with E-state index in [1.54, 1.807) is 0 Å². The smallest absolute Gasteiger partial charge is 0.0715 e. The second kappa shape index (κ2) is 11.8. The number of aromatic nitrogens is 1. The third-order valence-corrected chi connectivity index (χ3v) is 9.45. The summed E-state index contributed by atoms with van der Waals surface area (Å²) in [5, 5.41) is 7.74. The number of rotatable bonds is 5. The maximum atomic E-state index is 5.10. The maximum Gasteiger partial charge on any atom is 0.0715 e. The van der Waals surface area contributed by atoms with E-state index in [1.807, 2.05) is 12.1 Å². The highest BCUT2D eigenvalue weighted by molar-refractivity contribution is 6.25. The zero-order chi connectivity index (χ0) is 31.9. The summed E-state index contributed by atoms with van der Waals surface area (Å²) in [6.07, 6.45) is 0. The Labute approximate surface area is 280 Å². The molecular formula is C47H31N. The summed E-state index contributed by atoms with van der Waals surface area (Å²) in [6.45, 7) is 0. The van der Waals surface area contributed by atoms with Crippen molar-refractivity contribution in [1.82, 2.24) is 4.98 Å². The van der Waals surface area contributed by atoms with Crippen LogP contribution in [-0.4, -0.2) is 4.98 Å². The molecule has 48 heavy (non-hydrogen) atoms. The molecule has 0 bridgehead atoms. The van der Waals surface area contributed by atoms with Crippen LogP contribution in [0.15, 0.2) is 188 Å². The van der Waals surface area contributed by atoms with Crippen molar-refractivity contribution < 1.29 is 0 Å². The van der Waals surface area contributed by atoms with Gasteiger partial charge in [0.05, 0.1) is 11.4 Å². The van der Waals surface area contributed by atoms with Gasteiger partial charge in [-0.15, -0.1) is 0 Å². The average Bonchev–Trinajstić information content (AvgIpc) is 3.18. The van der Waals surface area contributed by atoms with Crippen LogP contribution < -0.4 is 0 Å². The van der Waals surface area contributed by atoms with E-state index < -0.39 is 0 Å². The standard InChI is InChI=1S/C47H31N/c1-3-14-32(15-4-1)46-30-37(31-47(48-46)33-16-5-2-6-17-33)34-18-13-19-35(28-34)38-20-7-8-21-39(38)36-26-27-44-42-24-10-9-22-40(42)41-23-11-12-25-43(41)45(44)29-36/h1-31H. The Morgan fingerprint density at radius 1 is 0.229 bits per heavy atom. The van der Waals surface area contributed by atoms with Crippen molar-refractivity contribution in [3.05, 3.63) is 188 Å². The van der Waals surface area contributed by atoms with Crippen molar-refractivity contribution in [2.24, 2.45) is 0 Å². The van der Waals surface area contributed by atoms with Gasteiger partial charge in [-0.05, 0) is 90.0 Å². The van der Waals surface area contributed by atoms with Gasteiger partial charge in [0.25, 0.3) is 0 Å². The van der Waals surface area contributed by atoms with Gasteiger partial charge in [-0.25, -0.2) is 4.98 Å². The van der Waals surface area contributed by atoms with Crippen molar-refractivity contribution >= 4 is 32.3 Å². The van der Waals surface area contributed by atoms with Crippen molar-refractivity contribution in [3.8, 4) is 55.9 Å². The number of pyridine rings is 1. The third-order valence-electron chi connectivity index (χ3n) is 9.45. The molecule has 0 N–H and O–H groups in total. The molecule has 0 amide bonds. The van der Waals surface area contributed by atoms with Crippen molar-refractivity contribution in [2.45, 2.75) is 0 Å². The monoisotopic (exact) mass is 609 g/mol. The molecule has 1 heterocycles. The van der Waals surface area contributed by atoms with Gasteiger partial charge in [0.15, 0.2) is 0 Å². The highest BCUT2D eigenvalue weighted by Crippen LogP contribution is 2.40. The molecule has 9 aromatic rings. The zero-order valence-corrected chi connectivity index (χ0v) is 26.3. The molecule has 1 heteroatoms. The first-order chi connectivity index (χ1) is 23.8. The van der Waals surface area contributed by atoms with E-state index in [2.05, 4.69) is 176 Å². The summed E-state index contributed by atoms with van der Waals surface area (Å²) in [5.74, 6) is 0. The van der Waals surface area contributed by atoms with Crippen LogP contribution in [0.1, 0.15) is 0 Å². The van der Waals surface area contributed by atoms with Gasteiger partial charge in [-0.3, -0.25) is 0 Å². The van der Waals surface area contributed by atoms with Gasteiger partial charge in [0.2, 0.25) is 0 Å². The van der Waals surface area contributed by atoms with Crippen molar-refractivity contribution in [2.75, 3.05) is 0 Å². The molecule has 0 fully saturated rings. The van der Waals surface area contributed by atoms with Crippen LogP contribution in [0.25, 0.3) is 88.2 Å². The minimum atomic E-state index is 0.966. The summed E-state index contributed by atoms with van der Waals surface area (Å²) in [4.78, 5) is 5.10. The predicted molar refractivity (Wildman–Crippen MR) is 204 cm³/mol. The second-order valence-corrected chi connectivity index (χ2v) is 12.3. The Morgan fingerprint density at radius 3 is 1.21 bits per heavy atom. The fourth-order valence-corrected chi connectivity index (χ4v) is 7.14. The first kappa shape index (κ1) is 28.0. The first-order valence-electron chi connectivity index (χ1n) is 16.5. The molecule has 0 aliphatic carbocycles. The number of hydrogen-bond donors (Lipinski definition) is 0. The minimum Gasteiger partial charge on any atom is -0.248 e. The lowest BCUT2D eigenvalue weighted by molar-refractivity contribution is 1.32. The second-order valence-electron chi connectivity index (χ2n) is 12.3. The normalized spacial score (nSPS) is 11.3. The van der Waals surface area contributed by atoms with Crippen LogP contribution in [0.4, 0.5) is 0 Å². The summed E-state index contributed by atoms with van der Waals surface area (Å²) in [7, 11) is 0. The molecule has 0 radical (unpaired) electrons. The van der Waals surface area contributed by atoms with Crippen LogP contribution in [0.3, 0.4) is 0 Å². The molecule has 0 atom stereocenters. The average molecular weight is 610 g/mol. The predicted octanol–water partition coefficient (Wildman–Crippen LogP) is 12.9. The largest absolute Gasteiger partial charge is 0.248 e. The highest BCUT2D eigenvalue weighted by Gasteiger charge is 2.14. The van der Waals surface area contributed by atoms with Crippen molar-refractivity contribution in [1.29, 1.82) is 0 Å². The Hall–Kier alpha value is -6.31. The molecule has 9 rings (SSSR count). The molecule has 0 saturated heterocycles. The topological polar surface area (TPSA) is 12.9 Å². The van der Waals surface area contributed by atoms with Gasteiger partial charge >= 0.3 is 0 Å². The van der Waals surface area contributed by atoms with Crippen molar-refractivity contribution in [3.63, 3.8) is 0 Å². The fourth-order valence-electron chi connectivity index (χ4n) is 7.14. The number of fused-ring (bicyclic) bond motifs is 6. The van der Waals surface area contributed by atoms with E-state index in [1.165, 1.54) is 54.6 Å². The van der Waals surface area contributed by atoms with Gasteiger partial charge in [0, 0.05) is 11.1 Å². The Morgan fingerprint density at radius 2 is 0.646 bits per heavy atom. The first-order valence-corrected chi connectivity index (χ1v) is 16.5. The molecule has 1 aromatic heterocycles. The Kier molecular flexibility index (Phi) is 6.87. The summed E-state index contributed by atoms with van der Waals surface area (Å²) in [5.41, 5.74) is 11.3. The van der Waals surface area contributed by atoms with E-state index in [9.17, 15) is 0 Å². The van der Waals surface area contributed by atoms with Crippen LogP contribution in [0.2, 0.25) is 0 Å². The fraction of sp³-hybridized carbons (Fsp3) is 0. The SMILES string of the molecule is c1ccc(-c2cc(-c3cccc(-c4ccccc4-c4ccc5c6ccccc6c6ccccc6c5c4)c3)cc(-c3ccccc3)n2)cc1.